The minimum absolute atomic E-state index is 0.260. The Balaban J connectivity index is 1.89. The molecule has 1 aliphatic heterocycles. The smallest absolute Gasteiger partial charge is 0.233 e. The molecule has 1 saturated carbocycles. The first-order valence-corrected chi connectivity index (χ1v) is 5.27. The molecular formula is C8H12BrNO. The van der Waals surface area contributed by atoms with E-state index in [-0.39, 0.29) is 5.91 Å². The maximum absolute atomic E-state index is 11.2. The number of nitrogens with zero attached hydrogens (tertiary/aromatic N) is 1. The van der Waals surface area contributed by atoms with E-state index in [0.29, 0.717) is 5.33 Å². The summed E-state index contributed by atoms with van der Waals surface area (Å²) in [6.07, 6.45) is 2.61. The van der Waals surface area contributed by atoms with Crippen molar-refractivity contribution in [3.05, 3.63) is 0 Å². The zero-order valence-electron chi connectivity index (χ0n) is 6.42. The first-order chi connectivity index (χ1) is 5.31. The van der Waals surface area contributed by atoms with Crippen LogP contribution in [0, 0.1) is 11.8 Å². The second-order valence-corrected chi connectivity index (χ2v) is 4.08. The molecule has 0 radical (unpaired) electrons. The zero-order chi connectivity index (χ0) is 7.84. The molecule has 0 spiro atoms. The number of amides is 1. The van der Waals surface area contributed by atoms with Crippen LogP contribution in [0.25, 0.3) is 0 Å². The van der Waals surface area contributed by atoms with Crippen LogP contribution in [0.15, 0.2) is 0 Å². The minimum atomic E-state index is 0.260. The van der Waals surface area contributed by atoms with Gasteiger partial charge in [0, 0.05) is 13.1 Å². The fourth-order valence-corrected chi connectivity index (χ4v) is 2.25. The van der Waals surface area contributed by atoms with Crippen LogP contribution in [0.1, 0.15) is 12.8 Å². The Labute approximate surface area is 75.1 Å². The van der Waals surface area contributed by atoms with Gasteiger partial charge in [0.25, 0.3) is 0 Å². The number of piperidine rings is 1. The summed E-state index contributed by atoms with van der Waals surface area (Å²) in [6, 6.07) is 0. The topological polar surface area (TPSA) is 20.3 Å². The summed E-state index contributed by atoms with van der Waals surface area (Å²) >= 11 is 3.19. The van der Waals surface area contributed by atoms with Crippen molar-refractivity contribution in [2.24, 2.45) is 11.8 Å². The third-order valence-corrected chi connectivity index (χ3v) is 3.24. The van der Waals surface area contributed by atoms with Gasteiger partial charge in [-0.25, -0.2) is 0 Å². The fourth-order valence-electron chi connectivity index (χ4n) is 1.89. The van der Waals surface area contributed by atoms with Crippen LogP contribution in [0.5, 0.6) is 0 Å². The molecule has 1 heterocycles. The van der Waals surface area contributed by atoms with Crippen molar-refractivity contribution in [1.82, 2.24) is 4.90 Å². The minimum Gasteiger partial charge on any atom is -0.342 e. The summed E-state index contributed by atoms with van der Waals surface area (Å²) in [4.78, 5) is 13.2. The van der Waals surface area contributed by atoms with Crippen molar-refractivity contribution in [3.8, 4) is 0 Å². The first-order valence-electron chi connectivity index (χ1n) is 4.15. The zero-order valence-corrected chi connectivity index (χ0v) is 8.01. The summed E-state index contributed by atoms with van der Waals surface area (Å²) in [5.41, 5.74) is 0. The highest BCUT2D eigenvalue weighted by atomic mass is 79.9. The van der Waals surface area contributed by atoms with Gasteiger partial charge in [-0.1, -0.05) is 15.9 Å². The van der Waals surface area contributed by atoms with E-state index in [1.807, 2.05) is 4.90 Å². The molecule has 0 bridgehead atoms. The van der Waals surface area contributed by atoms with Crippen LogP contribution in [0.3, 0.4) is 0 Å². The average Bonchev–Trinajstić information content (AvgIpc) is 2.80. The van der Waals surface area contributed by atoms with E-state index < -0.39 is 0 Å². The molecule has 1 saturated heterocycles. The molecule has 2 rings (SSSR count). The van der Waals surface area contributed by atoms with Crippen LogP contribution >= 0.6 is 15.9 Å². The Morgan fingerprint density at radius 1 is 1.55 bits per heavy atom. The number of alkyl halides is 1. The lowest BCUT2D eigenvalue weighted by Gasteiger charge is -2.25. The van der Waals surface area contributed by atoms with Gasteiger partial charge < -0.3 is 4.90 Å². The van der Waals surface area contributed by atoms with Crippen LogP contribution in [0.2, 0.25) is 0 Å². The lowest BCUT2D eigenvalue weighted by Crippen LogP contribution is -2.37. The van der Waals surface area contributed by atoms with Crippen LogP contribution in [0.4, 0.5) is 0 Å². The van der Waals surface area contributed by atoms with Gasteiger partial charge in [0.2, 0.25) is 5.91 Å². The van der Waals surface area contributed by atoms with E-state index in [1.165, 1.54) is 12.8 Å². The van der Waals surface area contributed by atoms with Crippen molar-refractivity contribution < 1.29 is 4.79 Å². The van der Waals surface area contributed by atoms with E-state index in [9.17, 15) is 4.79 Å². The van der Waals surface area contributed by atoms with Crippen LogP contribution in [-0.2, 0) is 4.79 Å². The molecule has 2 atom stereocenters. The van der Waals surface area contributed by atoms with Gasteiger partial charge in [-0.2, -0.15) is 0 Å². The van der Waals surface area contributed by atoms with Gasteiger partial charge in [0.15, 0.2) is 0 Å². The van der Waals surface area contributed by atoms with E-state index in [4.69, 9.17) is 0 Å². The molecular weight excluding hydrogens is 206 g/mol. The molecule has 0 N–H and O–H groups in total. The third-order valence-electron chi connectivity index (χ3n) is 2.76. The van der Waals surface area contributed by atoms with Crippen molar-refractivity contribution in [2.75, 3.05) is 18.4 Å². The SMILES string of the molecule is O=C(CBr)N1CCC2CC2C1. The van der Waals surface area contributed by atoms with E-state index in [2.05, 4.69) is 15.9 Å². The predicted molar refractivity (Wildman–Crippen MR) is 46.6 cm³/mol. The maximum atomic E-state index is 11.2. The Morgan fingerprint density at radius 3 is 3.00 bits per heavy atom. The molecule has 2 nitrogen and oxygen atoms in total. The Kier molecular flexibility index (Phi) is 1.91. The number of fused-ring (bicyclic) bond motifs is 1. The largest absolute Gasteiger partial charge is 0.342 e. The summed E-state index contributed by atoms with van der Waals surface area (Å²) < 4.78 is 0. The fraction of sp³-hybridized carbons (Fsp3) is 0.875. The number of carbonyl (C=O) groups excluding carboxylic acids is 1. The molecule has 1 aliphatic carbocycles. The molecule has 11 heavy (non-hydrogen) atoms. The molecule has 2 aliphatic rings. The average molecular weight is 218 g/mol. The second kappa shape index (κ2) is 2.77. The van der Waals surface area contributed by atoms with Crippen LogP contribution in [-0.4, -0.2) is 29.2 Å². The summed E-state index contributed by atoms with van der Waals surface area (Å²) in [7, 11) is 0. The third kappa shape index (κ3) is 1.43. The Hall–Kier alpha value is -0.0500. The monoisotopic (exact) mass is 217 g/mol. The lowest BCUT2D eigenvalue weighted by molar-refractivity contribution is -0.129. The number of likely N-dealkylation sites (tertiary alicyclic amines) is 1. The highest BCUT2D eigenvalue weighted by molar-refractivity contribution is 9.09. The summed E-state index contributed by atoms with van der Waals surface area (Å²) in [5, 5.41) is 0.490. The maximum Gasteiger partial charge on any atom is 0.233 e. The van der Waals surface area contributed by atoms with E-state index in [0.717, 1.165) is 24.9 Å². The quantitative estimate of drug-likeness (QED) is 0.606. The molecule has 0 aromatic rings. The number of halogens is 1. The van der Waals surface area contributed by atoms with E-state index >= 15 is 0 Å². The van der Waals surface area contributed by atoms with Gasteiger partial charge >= 0.3 is 0 Å². The normalized spacial score (nSPS) is 34.8. The van der Waals surface area contributed by atoms with Gasteiger partial charge in [-0.3, -0.25) is 4.79 Å². The highest BCUT2D eigenvalue weighted by Gasteiger charge is 2.42. The highest BCUT2D eigenvalue weighted by Crippen LogP contribution is 2.44. The number of rotatable bonds is 1. The number of carbonyl (C=O) groups is 1. The molecule has 2 unspecified atom stereocenters. The first kappa shape index (κ1) is 7.59. The standard InChI is InChI=1S/C8H12BrNO/c9-4-8(11)10-2-1-6-3-7(6)5-10/h6-7H,1-5H2. The lowest BCUT2D eigenvalue weighted by atomic mass is 10.1. The van der Waals surface area contributed by atoms with Crippen molar-refractivity contribution in [3.63, 3.8) is 0 Å². The van der Waals surface area contributed by atoms with E-state index in [1.54, 1.807) is 0 Å². The van der Waals surface area contributed by atoms with Gasteiger partial charge in [0.05, 0.1) is 5.33 Å². The Bertz CT molecular complexity index is 183. The Morgan fingerprint density at radius 2 is 2.36 bits per heavy atom. The summed E-state index contributed by atoms with van der Waals surface area (Å²) in [5.74, 6) is 2.08. The van der Waals surface area contributed by atoms with Crippen molar-refractivity contribution >= 4 is 21.8 Å². The molecule has 0 aromatic heterocycles. The summed E-state index contributed by atoms with van der Waals surface area (Å²) in [6.45, 7) is 2.01. The molecule has 62 valence electrons. The molecule has 1 amide bonds. The van der Waals surface area contributed by atoms with Gasteiger partial charge in [-0.15, -0.1) is 0 Å². The number of hydrogen-bond acceptors (Lipinski definition) is 1. The van der Waals surface area contributed by atoms with Crippen molar-refractivity contribution in [1.29, 1.82) is 0 Å². The predicted octanol–water partition coefficient (Wildman–Crippen LogP) is 1.25. The van der Waals surface area contributed by atoms with Crippen LogP contribution < -0.4 is 0 Å². The molecule has 3 heteroatoms. The van der Waals surface area contributed by atoms with Gasteiger partial charge in [-0.05, 0) is 24.7 Å². The van der Waals surface area contributed by atoms with Crippen molar-refractivity contribution in [2.45, 2.75) is 12.8 Å². The molecule has 2 fully saturated rings. The number of hydrogen-bond donors (Lipinski definition) is 0. The molecule has 0 aromatic carbocycles. The van der Waals surface area contributed by atoms with Gasteiger partial charge in [0.1, 0.15) is 0 Å². The second-order valence-electron chi connectivity index (χ2n) is 3.52.